The summed E-state index contributed by atoms with van der Waals surface area (Å²) < 4.78 is 31.8. The lowest BCUT2D eigenvalue weighted by molar-refractivity contribution is -0.135. The predicted octanol–water partition coefficient (Wildman–Crippen LogP) is 2.68. The van der Waals surface area contributed by atoms with E-state index in [-0.39, 0.29) is 42.8 Å². The number of carbonyl (C=O) groups excluding carboxylic acids is 2. The standard InChI is InChI=1S/C24H27ClF2N4O4/c25-17-3-1-15(2-4-17)23(33)16-5-8-30(9-6-16)13-22(32)31(11-20(26)27)12-21-28-19-7-10-35-14-18(19)24(34)29-21/h1-4,16,20H,5-14H2,(H,28,29,34). The Hall–Kier alpha value is -2.69. The van der Waals surface area contributed by atoms with E-state index in [2.05, 4.69) is 9.97 Å². The monoisotopic (exact) mass is 508 g/mol. The smallest absolute Gasteiger partial charge is 0.256 e. The number of hydrogen-bond acceptors (Lipinski definition) is 6. The number of carbonyl (C=O) groups is 2. The van der Waals surface area contributed by atoms with Gasteiger partial charge in [-0.2, -0.15) is 0 Å². The van der Waals surface area contributed by atoms with Crippen molar-refractivity contribution >= 4 is 23.3 Å². The molecule has 0 aliphatic carbocycles. The summed E-state index contributed by atoms with van der Waals surface area (Å²) in [4.78, 5) is 47.8. The van der Waals surface area contributed by atoms with Gasteiger partial charge in [-0.3, -0.25) is 19.3 Å². The van der Waals surface area contributed by atoms with E-state index in [0.717, 1.165) is 4.90 Å². The van der Waals surface area contributed by atoms with Crippen molar-refractivity contribution in [3.8, 4) is 0 Å². The van der Waals surface area contributed by atoms with Crippen LogP contribution in [0, 0.1) is 5.92 Å². The number of aromatic amines is 1. The first-order valence-electron chi connectivity index (χ1n) is 11.6. The van der Waals surface area contributed by atoms with Gasteiger partial charge in [0.15, 0.2) is 5.78 Å². The number of nitrogens with zero attached hydrogens (tertiary/aromatic N) is 3. The number of alkyl halides is 2. The largest absolute Gasteiger partial charge is 0.376 e. The molecule has 4 rings (SSSR count). The van der Waals surface area contributed by atoms with Gasteiger partial charge in [-0.25, -0.2) is 13.8 Å². The first-order chi connectivity index (χ1) is 16.8. The average molecular weight is 509 g/mol. The molecule has 0 radical (unpaired) electrons. The normalized spacial score (nSPS) is 16.8. The Morgan fingerprint density at radius 3 is 2.63 bits per heavy atom. The van der Waals surface area contributed by atoms with Gasteiger partial charge in [0.1, 0.15) is 5.82 Å². The van der Waals surface area contributed by atoms with Crippen LogP contribution in [0.2, 0.25) is 5.02 Å². The lowest BCUT2D eigenvalue weighted by Gasteiger charge is -2.32. The number of benzene rings is 1. The van der Waals surface area contributed by atoms with Crippen molar-refractivity contribution in [1.29, 1.82) is 0 Å². The number of H-pyrrole nitrogens is 1. The number of hydrogen-bond donors (Lipinski definition) is 1. The lowest BCUT2D eigenvalue weighted by atomic mass is 9.89. The molecule has 0 atom stereocenters. The zero-order chi connectivity index (χ0) is 24.9. The first-order valence-corrected chi connectivity index (χ1v) is 11.9. The van der Waals surface area contributed by atoms with Crippen LogP contribution in [-0.4, -0.2) is 70.7 Å². The van der Waals surface area contributed by atoms with Crippen LogP contribution in [0.5, 0.6) is 0 Å². The number of fused-ring (bicyclic) bond motifs is 1. The van der Waals surface area contributed by atoms with Gasteiger partial charge in [-0.05, 0) is 50.2 Å². The number of halogens is 3. The predicted molar refractivity (Wildman–Crippen MR) is 125 cm³/mol. The van der Waals surface area contributed by atoms with Crippen LogP contribution in [-0.2, 0) is 29.1 Å². The average Bonchev–Trinajstić information content (AvgIpc) is 2.84. The minimum atomic E-state index is -2.72. The van der Waals surface area contributed by atoms with E-state index in [1.807, 2.05) is 4.90 Å². The van der Waals surface area contributed by atoms with Crippen molar-refractivity contribution in [2.75, 3.05) is 32.8 Å². The molecule has 2 aromatic rings. The molecule has 1 amide bonds. The van der Waals surface area contributed by atoms with Crippen LogP contribution in [0.25, 0.3) is 0 Å². The van der Waals surface area contributed by atoms with Gasteiger partial charge in [0, 0.05) is 22.9 Å². The van der Waals surface area contributed by atoms with Gasteiger partial charge in [0.25, 0.3) is 12.0 Å². The molecule has 1 fully saturated rings. The molecule has 1 aromatic carbocycles. The van der Waals surface area contributed by atoms with Crippen molar-refractivity contribution < 1.29 is 23.1 Å². The highest BCUT2D eigenvalue weighted by atomic mass is 35.5. The van der Waals surface area contributed by atoms with E-state index in [1.54, 1.807) is 24.3 Å². The Kier molecular flexibility index (Phi) is 8.25. The third-order valence-electron chi connectivity index (χ3n) is 6.38. The van der Waals surface area contributed by atoms with E-state index in [0.29, 0.717) is 60.8 Å². The zero-order valence-electron chi connectivity index (χ0n) is 19.1. The summed E-state index contributed by atoms with van der Waals surface area (Å²) in [6.07, 6.45) is -1.12. The maximum atomic E-state index is 13.2. The number of nitrogens with one attached hydrogen (secondary N) is 1. The van der Waals surface area contributed by atoms with Gasteiger partial charge < -0.3 is 14.6 Å². The molecule has 2 aliphatic heterocycles. The molecule has 11 heteroatoms. The highest BCUT2D eigenvalue weighted by Gasteiger charge is 2.29. The number of aromatic nitrogens is 2. The second-order valence-electron chi connectivity index (χ2n) is 8.83. The summed E-state index contributed by atoms with van der Waals surface area (Å²) in [6.45, 7) is 0.593. The summed E-state index contributed by atoms with van der Waals surface area (Å²) in [5.41, 5.74) is 1.24. The van der Waals surface area contributed by atoms with Crippen molar-refractivity contribution in [1.82, 2.24) is 19.8 Å². The number of amides is 1. The van der Waals surface area contributed by atoms with E-state index in [9.17, 15) is 23.2 Å². The molecular weight excluding hydrogens is 482 g/mol. The van der Waals surface area contributed by atoms with Gasteiger partial charge >= 0.3 is 0 Å². The quantitative estimate of drug-likeness (QED) is 0.551. The second-order valence-corrected chi connectivity index (χ2v) is 9.26. The van der Waals surface area contributed by atoms with E-state index in [4.69, 9.17) is 16.3 Å². The molecule has 0 saturated carbocycles. The number of ether oxygens (including phenoxy) is 1. The molecule has 35 heavy (non-hydrogen) atoms. The number of ketones is 1. The van der Waals surface area contributed by atoms with Gasteiger partial charge in [-0.15, -0.1) is 0 Å². The maximum absolute atomic E-state index is 13.2. The molecular formula is C24H27ClF2N4O4. The Labute approximate surface area is 206 Å². The number of piperidine rings is 1. The summed E-state index contributed by atoms with van der Waals surface area (Å²) >= 11 is 5.89. The molecule has 1 aromatic heterocycles. The third kappa shape index (κ3) is 6.50. The Morgan fingerprint density at radius 2 is 1.94 bits per heavy atom. The zero-order valence-corrected chi connectivity index (χ0v) is 19.9. The molecule has 0 bridgehead atoms. The van der Waals surface area contributed by atoms with Crippen LogP contribution in [0.1, 0.15) is 40.3 Å². The van der Waals surface area contributed by atoms with Crippen molar-refractivity contribution in [2.24, 2.45) is 5.92 Å². The Balaban J connectivity index is 1.36. The highest BCUT2D eigenvalue weighted by molar-refractivity contribution is 6.30. The van der Waals surface area contributed by atoms with Gasteiger partial charge in [-0.1, -0.05) is 11.6 Å². The minimum absolute atomic E-state index is 0.0415. The summed E-state index contributed by atoms with van der Waals surface area (Å²) in [7, 11) is 0. The molecule has 0 spiro atoms. The topological polar surface area (TPSA) is 95.6 Å². The molecule has 3 heterocycles. The van der Waals surface area contributed by atoms with Crippen LogP contribution in [0.15, 0.2) is 29.1 Å². The molecule has 188 valence electrons. The van der Waals surface area contributed by atoms with Crippen molar-refractivity contribution in [3.63, 3.8) is 0 Å². The molecule has 2 aliphatic rings. The first kappa shape index (κ1) is 25.4. The van der Waals surface area contributed by atoms with Gasteiger partial charge in [0.2, 0.25) is 5.91 Å². The highest BCUT2D eigenvalue weighted by Crippen LogP contribution is 2.23. The van der Waals surface area contributed by atoms with Crippen LogP contribution in [0.3, 0.4) is 0 Å². The lowest BCUT2D eigenvalue weighted by Crippen LogP contribution is -2.45. The van der Waals surface area contributed by atoms with Crippen molar-refractivity contribution in [2.45, 2.75) is 38.8 Å². The summed E-state index contributed by atoms with van der Waals surface area (Å²) in [5.74, 6) is -0.415. The van der Waals surface area contributed by atoms with Gasteiger partial charge in [0.05, 0.1) is 44.1 Å². The van der Waals surface area contributed by atoms with Crippen LogP contribution in [0.4, 0.5) is 8.78 Å². The van der Waals surface area contributed by atoms with Crippen LogP contribution < -0.4 is 5.56 Å². The fraction of sp³-hybridized carbons (Fsp3) is 0.500. The number of likely N-dealkylation sites (tertiary alicyclic amines) is 1. The summed E-state index contributed by atoms with van der Waals surface area (Å²) in [5, 5.41) is 0.562. The summed E-state index contributed by atoms with van der Waals surface area (Å²) in [6, 6.07) is 6.76. The minimum Gasteiger partial charge on any atom is -0.376 e. The fourth-order valence-corrected chi connectivity index (χ4v) is 4.59. The third-order valence-corrected chi connectivity index (χ3v) is 6.63. The SMILES string of the molecule is O=C(c1ccc(Cl)cc1)C1CCN(CC(=O)N(Cc2nc3c(c(=O)[nH]2)COCC3)CC(F)F)CC1. The van der Waals surface area contributed by atoms with E-state index in [1.165, 1.54) is 0 Å². The van der Waals surface area contributed by atoms with E-state index >= 15 is 0 Å². The second kappa shape index (κ2) is 11.4. The molecule has 0 unspecified atom stereocenters. The van der Waals surface area contributed by atoms with E-state index < -0.39 is 18.9 Å². The van der Waals surface area contributed by atoms with Crippen LogP contribution >= 0.6 is 11.6 Å². The number of rotatable bonds is 8. The molecule has 8 nitrogen and oxygen atoms in total. The molecule has 1 N–H and O–H groups in total. The maximum Gasteiger partial charge on any atom is 0.256 e. The van der Waals surface area contributed by atoms with Crippen molar-refractivity contribution in [3.05, 3.63) is 62.3 Å². The Morgan fingerprint density at radius 1 is 1.23 bits per heavy atom. The fourth-order valence-electron chi connectivity index (χ4n) is 4.47. The molecule has 1 saturated heterocycles. The Bertz CT molecular complexity index is 1120. The number of Topliss-reactive ketones (excluding diaryl/α,β-unsaturated/α-hetero) is 1.